The van der Waals surface area contributed by atoms with Gasteiger partial charge in [-0.25, -0.2) is 4.98 Å². The van der Waals surface area contributed by atoms with Gasteiger partial charge >= 0.3 is 0 Å². The average molecular weight is 611 g/mol. The maximum absolute atomic E-state index is 13.0. The minimum Gasteiger partial charge on any atom is -0.360 e. The molecule has 9 nitrogen and oxygen atoms in total. The first-order valence-corrected chi connectivity index (χ1v) is 16.0. The van der Waals surface area contributed by atoms with Crippen LogP contribution >= 0.6 is 22.7 Å². The molecule has 2 aliphatic heterocycles. The van der Waals surface area contributed by atoms with Gasteiger partial charge in [0.2, 0.25) is 5.91 Å². The van der Waals surface area contributed by atoms with E-state index >= 15 is 0 Å². The normalized spacial score (nSPS) is 16.7. The fraction of sp³-hybridized carbons (Fsp3) is 0.250. The quantitative estimate of drug-likeness (QED) is 0.192. The molecule has 0 unspecified atom stereocenters. The summed E-state index contributed by atoms with van der Waals surface area (Å²) in [7, 11) is 0. The Labute approximate surface area is 256 Å². The van der Waals surface area contributed by atoms with Crippen molar-refractivity contribution >= 4 is 56.3 Å². The maximum atomic E-state index is 13.0. The van der Waals surface area contributed by atoms with Crippen LogP contribution < -0.4 is 16.0 Å². The number of aromatic amines is 1. The third-order valence-corrected chi connectivity index (χ3v) is 10.2. The third-order valence-electron chi connectivity index (χ3n) is 8.01. The van der Waals surface area contributed by atoms with E-state index in [-0.39, 0.29) is 29.7 Å². The molecule has 3 amide bonds. The monoisotopic (exact) mass is 610 g/mol. The highest BCUT2D eigenvalue weighted by Gasteiger charge is 2.35. The van der Waals surface area contributed by atoms with Crippen molar-refractivity contribution in [2.75, 3.05) is 25.0 Å². The lowest BCUT2D eigenvalue weighted by atomic mass is 10.0. The maximum Gasteiger partial charge on any atom is 0.264 e. The number of H-pyrrole nitrogens is 1. The molecule has 11 heteroatoms. The molecule has 0 aliphatic carbocycles. The Kier molecular flexibility index (Phi) is 7.52. The molecular weight excluding hydrogens is 581 g/mol. The van der Waals surface area contributed by atoms with E-state index in [1.54, 1.807) is 29.7 Å². The predicted molar refractivity (Wildman–Crippen MR) is 170 cm³/mol. The number of carbonyl (C=O) groups excluding carboxylic acids is 3. The first kappa shape index (κ1) is 27.5. The van der Waals surface area contributed by atoms with Crippen LogP contribution in [0, 0.1) is 0 Å². The number of thiophene rings is 1. The Morgan fingerprint density at radius 1 is 1.00 bits per heavy atom. The zero-order chi connectivity index (χ0) is 29.3. The number of rotatable bonds is 8. The largest absolute Gasteiger partial charge is 0.360 e. The van der Waals surface area contributed by atoms with Crippen LogP contribution in [0.15, 0.2) is 73.1 Å². The fourth-order valence-electron chi connectivity index (χ4n) is 5.53. The Bertz CT molecular complexity index is 1790. The minimum atomic E-state index is -0.150. The number of anilines is 1. The van der Waals surface area contributed by atoms with Gasteiger partial charge in [0, 0.05) is 48.8 Å². The Morgan fingerprint density at radius 3 is 2.65 bits per heavy atom. The summed E-state index contributed by atoms with van der Waals surface area (Å²) < 4.78 is 0. The molecule has 5 heterocycles. The van der Waals surface area contributed by atoms with E-state index in [9.17, 15) is 14.4 Å². The van der Waals surface area contributed by atoms with Crippen LogP contribution in [0.5, 0.6) is 0 Å². The van der Waals surface area contributed by atoms with Crippen LogP contribution in [0.1, 0.15) is 49.4 Å². The summed E-state index contributed by atoms with van der Waals surface area (Å²) in [4.78, 5) is 49.4. The van der Waals surface area contributed by atoms with E-state index in [0.717, 1.165) is 51.3 Å². The van der Waals surface area contributed by atoms with Gasteiger partial charge in [0.25, 0.3) is 11.8 Å². The molecule has 4 N–H and O–H groups in total. The van der Waals surface area contributed by atoms with Crippen molar-refractivity contribution in [3.05, 3.63) is 94.1 Å². The lowest BCUT2D eigenvalue weighted by Crippen LogP contribution is -2.48. The summed E-state index contributed by atoms with van der Waals surface area (Å²) in [6, 6.07) is 19.4. The van der Waals surface area contributed by atoms with E-state index in [1.165, 1.54) is 11.3 Å². The average Bonchev–Trinajstić information content (AvgIpc) is 3.82. The Morgan fingerprint density at radius 2 is 1.84 bits per heavy atom. The van der Waals surface area contributed by atoms with Crippen molar-refractivity contribution in [2.24, 2.45) is 0 Å². The van der Waals surface area contributed by atoms with Gasteiger partial charge in [-0.15, -0.1) is 22.7 Å². The van der Waals surface area contributed by atoms with Crippen molar-refractivity contribution in [3.63, 3.8) is 0 Å². The Hall–Kier alpha value is -4.32. The van der Waals surface area contributed by atoms with Crippen LogP contribution in [-0.2, 0) is 11.3 Å². The van der Waals surface area contributed by atoms with E-state index in [0.29, 0.717) is 35.1 Å². The molecule has 5 aromatic rings. The highest BCUT2D eigenvalue weighted by Crippen LogP contribution is 2.36. The lowest BCUT2D eigenvalue weighted by Gasteiger charge is -2.37. The summed E-state index contributed by atoms with van der Waals surface area (Å²) in [5.41, 5.74) is 3.67. The first-order chi connectivity index (χ1) is 21.0. The van der Waals surface area contributed by atoms with E-state index < -0.39 is 0 Å². The number of nitrogens with zero attached hydrogens (tertiary/aromatic N) is 2. The summed E-state index contributed by atoms with van der Waals surface area (Å²) >= 11 is 2.97. The number of amides is 3. The van der Waals surface area contributed by atoms with Crippen LogP contribution in [-0.4, -0.2) is 58.3 Å². The van der Waals surface area contributed by atoms with Gasteiger partial charge in [-0.1, -0.05) is 42.5 Å². The first-order valence-electron chi connectivity index (χ1n) is 14.3. The fourth-order valence-corrected chi connectivity index (χ4v) is 7.41. The van der Waals surface area contributed by atoms with Gasteiger partial charge in [0.05, 0.1) is 31.4 Å². The molecule has 2 aromatic carbocycles. The van der Waals surface area contributed by atoms with Crippen LogP contribution in [0.3, 0.4) is 0 Å². The number of para-hydroxylation sites is 1. The van der Waals surface area contributed by atoms with E-state index in [4.69, 9.17) is 0 Å². The molecule has 3 aromatic heterocycles. The number of likely N-dealkylation sites (tertiary alicyclic amines) is 1. The standard InChI is InChI=1S/C32H30N6O3S2/c39-29(23-15-34-24-5-2-1-4-22(23)24)35-14-19-7-9-20(10-8-19)27-16-36-31(43-27)21-17-38(18-21)32(41)26-11-12-28(42-26)37-30(40)25-6-3-13-33-25/h1-2,4-5,7-12,15-16,21,25,33-34H,3,6,13-14,17-18H2,(H,35,39)(H,37,40)/t25-/m0/s1. The summed E-state index contributed by atoms with van der Waals surface area (Å²) in [5, 5.41) is 11.8. The number of nitrogens with one attached hydrogen (secondary N) is 4. The molecule has 2 fully saturated rings. The second kappa shape index (κ2) is 11.8. The topological polar surface area (TPSA) is 119 Å². The molecular formula is C32H30N6O3S2. The number of benzene rings is 2. The molecule has 0 radical (unpaired) electrons. The highest BCUT2D eigenvalue weighted by molar-refractivity contribution is 7.18. The van der Waals surface area contributed by atoms with Crippen LogP contribution in [0.4, 0.5) is 5.00 Å². The molecule has 0 bridgehead atoms. The van der Waals surface area contributed by atoms with E-state index in [2.05, 4.69) is 38.1 Å². The number of fused-ring (bicyclic) bond motifs is 1. The van der Waals surface area contributed by atoms with Gasteiger partial charge in [0.15, 0.2) is 0 Å². The van der Waals surface area contributed by atoms with E-state index in [1.807, 2.05) is 47.5 Å². The lowest BCUT2D eigenvalue weighted by molar-refractivity contribution is -0.117. The summed E-state index contributed by atoms with van der Waals surface area (Å²) in [6.07, 6.45) is 5.49. The number of aromatic nitrogens is 2. The number of thiazole rings is 1. The van der Waals surface area contributed by atoms with Crippen molar-refractivity contribution in [2.45, 2.75) is 31.3 Å². The molecule has 0 saturated carbocycles. The van der Waals surface area contributed by atoms with Crippen molar-refractivity contribution in [3.8, 4) is 10.4 Å². The zero-order valence-corrected chi connectivity index (χ0v) is 24.9. The minimum absolute atomic E-state index is 0.00936. The molecule has 218 valence electrons. The Balaban J connectivity index is 0.906. The van der Waals surface area contributed by atoms with Gasteiger partial charge in [0.1, 0.15) is 0 Å². The SMILES string of the molecule is O=C(NCc1ccc(-c2cnc(C3CN(C(=O)c4ccc(NC(=O)[C@@H]5CCCN5)s4)C3)s2)cc1)c1c[nH]c2ccccc12. The van der Waals surface area contributed by atoms with Gasteiger partial charge < -0.3 is 25.8 Å². The molecule has 2 saturated heterocycles. The molecule has 0 spiro atoms. The zero-order valence-electron chi connectivity index (χ0n) is 23.3. The highest BCUT2D eigenvalue weighted by atomic mass is 32.1. The smallest absolute Gasteiger partial charge is 0.264 e. The number of hydrogen-bond acceptors (Lipinski definition) is 7. The molecule has 43 heavy (non-hydrogen) atoms. The molecule has 7 rings (SSSR count). The second-order valence-corrected chi connectivity index (χ2v) is 13.0. The number of carbonyl (C=O) groups is 3. The second-order valence-electron chi connectivity index (χ2n) is 10.9. The third kappa shape index (κ3) is 5.71. The van der Waals surface area contributed by atoms with Gasteiger partial charge in [-0.2, -0.15) is 0 Å². The number of hydrogen-bond donors (Lipinski definition) is 4. The van der Waals surface area contributed by atoms with Gasteiger partial charge in [-0.3, -0.25) is 14.4 Å². The summed E-state index contributed by atoms with van der Waals surface area (Å²) in [5.74, 6) is 0.0637. The van der Waals surface area contributed by atoms with Gasteiger partial charge in [-0.05, 0) is 48.7 Å². The van der Waals surface area contributed by atoms with Crippen LogP contribution in [0.25, 0.3) is 21.3 Å². The predicted octanol–water partition coefficient (Wildman–Crippen LogP) is 5.21. The summed E-state index contributed by atoms with van der Waals surface area (Å²) in [6.45, 7) is 2.57. The van der Waals surface area contributed by atoms with Crippen molar-refractivity contribution < 1.29 is 14.4 Å². The van der Waals surface area contributed by atoms with Crippen molar-refractivity contribution in [1.82, 2.24) is 25.5 Å². The van der Waals surface area contributed by atoms with Crippen molar-refractivity contribution in [1.29, 1.82) is 0 Å². The molecule has 2 aliphatic rings. The van der Waals surface area contributed by atoms with Crippen LogP contribution in [0.2, 0.25) is 0 Å². The molecule has 1 atom stereocenters.